The zero-order chi connectivity index (χ0) is 12.0. The first-order chi connectivity index (χ1) is 7.36. The number of halogens is 1. The minimum absolute atomic E-state index is 0.110. The van der Waals surface area contributed by atoms with Gasteiger partial charge in [-0.15, -0.1) is 5.10 Å². The van der Waals surface area contributed by atoms with E-state index in [9.17, 15) is 8.42 Å². The van der Waals surface area contributed by atoms with Gasteiger partial charge < -0.3 is 0 Å². The second kappa shape index (κ2) is 3.66. The van der Waals surface area contributed by atoms with E-state index in [0.29, 0.717) is 25.1 Å². The summed E-state index contributed by atoms with van der Waals surface area (Å²) < 4.78 is 23.6. The molecule has 0 radical (unpaired) electrons. The molecule has 90 valence electrons. The summed E-state index contributed by atoms with van der Waals surface area (Å²) >= 11 is 0. The fraction of sp³-hybridized carbons (Fsp3) is 0.875. The van der Waals surface area contributed by atoms with Gasteiger partial charge in [0.1, 0.15) is 0 Å². The van der Waals surface area contributed by atoms with E-state index in [1.54, 1.807) is 4.68 Å². The smallest absolute Gasteiger partial charge is 0.227 e. The first kappa shape index (κ1) is 11.8. The summed E-state index contributed by atoms with van der Waals surface area (Å²) in [6, 6.07) is 0.110. The summed E-state index contributed by atoms with van der Waals surface area (Å²) in [7, 11) is 1.88. The van der Waals surface area contributed by atoms with Crippen LogP contribution in [0.25, 0.3) is 0 Å². The Kier molecular flexibility index (Phi) is 2.70. The number of nitrogens with zero attached hydrogens (tertiary/aromatic N) is 4. The Morgan fingerprint density at radius 3 is 2.56 bits per heavy atom. The first-order valence-corrected chi connectivity index (χ1v) is 7.38. The van der Waals surface area contributed by atoms with Gasteiger partial charge in [0.05, 0.1) is 10.8 Å². The van der Waals surface area contributed by atoms with Crippen LogP contribution in [0.15, 0.2) is 0 Å². The molecule has 6 nitrogen and oxygen atoms in total. The molecule has 1 heterocycles. The summed E-state index contributed by atoms with van der Waals surface area (Å²) in [6.07, 6.45) is 1.47. The lowest BCUT2D eigenvalue weighted by Gasteiger charge is -2.12. The molecule has 0 spiro atoms. The van der Waals surface area contributed by atoms with Crippen molar-refractivity contribution in [2.24, 2.45) is 0 Å². The maximum absolute atomic E-state index is 11.4. The molecule has 16 heavy (non-hydrogen) atoms. The van der Waals surface area contributed by atoms with Crippen molar-refractivity contribution >= 4 is 19.7 Å². The van der Waals surface area contributed by atoms with E-state index in [-0.39, 0.29) is 6.04 Å². The molecule has 0 bridgehead atoms. The zero-order valence-electron chi connectivity index (χ0n) is 9.09. The molecule has 0 saturated heterocycles. The van der Waals surface area contributed by atoms with Crippen LogP contribution in [0.4, 0.5) is 0 Å². The molecule has 1 saturated carbocycles. The van der Waals surface area contributed by atoms with E-state index in [4.69, 9.17) is 10.7 Å². The molecule has 0 unspecified atom stereocenters. The van der Waals surface area contributed by atoms with E-state index in [0.717, 1.165) is 0 Å². The highest BCUT2D eigenvalue weighted by Crippen LogP contribution is 2.47. The van der Waals surface area contributed by atoms with Crippen molar-refractivity contribution in [1.82, 2.24) is 20.2 Å². The average Bonchev–Trinajstić information content (AvgIpc) is 2.76. The molecule has 8 heteroatoms. The SMILES string of the molecule is CC(C)n1nnnc1CC1(S(=O)(=O)Cl)CC1. The van der Waals surface area contributed by atoms with Crippen LogP contribution in [-0.4, -0.2) is 33.4 Å². The zero-order valence-corrected chi connectivity index (χ0v) is 10.7. The highest BCUT2D eigenvalue weighted by Gasteiger charge is 2.54. The number of tetrazole rings is 1. The Balaban J connectivity index is 2.26. The minimum Gasteiger partial charge on any atom is -0.227 e. The molecule has 0 aromatic carbocycles. The van der Waals surface area contributed by atoms with Gasteiger partial charge in [-0.2, -0.15) is 0 Å². The Bertz CT molecular complexity index is 492. The fourth-order valence-electron chi connectivity index (χ4n) is 1.66. The maximum Gasteiger partial charge on any atom is 0.238 e. The average molecular weight is 265 g/mol. The maximum atomic E-state index is 11.4. The highest BCUT2D eigenvalue weighted by atomic mass is 35.7. The second-order valence-corrected chi connectivity index (χ2v) is 7.39. The molecule has 0 N–H and O–H groups in total. The van der Waals surface area contributed by atoms with Crippen molar-refractivity contribution in [2.75, 3.05) is 0 Å². The van der Waals surface area contributed by atoms with Gasteiger partial charge in [0.25, 0.3) is 0 Å². The summed E-state index contributed by atoms with van der Waals surface area (Å²) in [6.45, 7) is 3.88. The summed E-state index contributed by atoms with van der Waals surface area (Å²) in [5.41, 5.74) is 0. The molecule has 0 aliphatic heterocycles. The van der Waals surface area contributed by atoms with E-state index < -0.39 is 13.8 Å². The molecular formula is C8H13ClN4O2S. The third kappa shape index (κ3) is 1.93. The second-order valence-electron chi connectivity index (χ2n) is 4.43. The molecular weight excluding hydrogens is 252 g/mol. The van der Waals surface area contributed by atoms with Gasteiger partial charge in [0.15, 0.2) is 5.82 Å². The topological polar surface area (TPSA) is 77.7 Å². The normalized spacial score (nSPS) is 19.0. The van der Waals surface area contributed by atoms with Crippen LogP contribution >= 0.6 is 10.7 Å². The quantitative estimate of drug-likeness (QED) is 0.755. The highest BCUT2D eigenvalue weighted by molar-refractivity contribution is 8.15. The molecule has 1 aliphatic carbocycles. The Morgan fingerprint density at radius 1 is 1.50 bits per heavy atom. The van der Waals surface area contributed by atoms with E-state index >= 15 is 0 Å². The Hall–Kier alpha value is -0.690. The van der Waals surface area contributed by atoms with Gasteiger partial charge in [-0.1, -0.05) is 0 Å². The molecule has 0 amide bonds. The van der Waals surface area contributed by atoms with Crippen molar-refractivity contribution in [3.63, 3.8) is 0 Å². The van der Waals surface area contributed by atoms with Gasteiger partial charge in [0.2, 0.25) is 9.05 Å². The van der Waals surface area contributed by atoms with Crippen LogP contribution in [-0.2, 0) is 15.5 Å². The number of hydrogen-bond donors (Lipinski definition) is 0. The number of rotatable bonds is 4. The lowest BCUT2D eigenvalue weighted by molar-refractivity contribution is 0.487. The fourth-order valence-corrected chi connectivity index (χ4v) is 3.18. The van der Waals surface area contributed by atoms with E-state index in [1.807, 2.05) is 13.8 Å². The summed E-state index contributed by atoms with van der Waals surface area (Å²) in [5, 5.41) is 11.2. The van der Waals surface area contributed by atoms with Gasteiger partial charge in [-0.05, 0) is 37.1 Å². The van der Waals surface area contributed by atoms with Crippen molar-refractivity contribution in [2.45, 2.75) is 43.9 Å². The minimum atomic E-state index is -3.55. The number of aromatic nitrogens is 4. The lowest BCUT2D eigenvalue weighted by Crippen LogP contribution is -2.24. The van der Waals surface area contributed by atoms with E-state index in [2.05, 4.69) is 15.5 Å². The largest absolute Gasteiger partial charge is 0.238 e. The monoisotopic (exact) mass is 264 g/mol. The van der Waals surface area contributed by atoms with Gasteiger partial charge >= 0.3 is 0 Å². The molecule has 0 atom stereocenters. The van der Waals surface area contributed by atoms with Crippen LogP contribution < -0.4 is 0 Å². The predicted molar refractivity (Wildman–Crippen MR) is 58.6 cm³/mol. The molecule has 1 fully saturated rings. The molecule has 1 aromatic rings. The third-order valence-corrected chi connectivity index (χ3v) is 5.42. The Labute approximate surface area is 98.4 Å². The van der Waals surface area contributed by atoms with E-state index in [1.165, 1.54) is 0 Å². The van der Waals surface area contributed by atoms with Crippen LogP contribution in [0.5, 0.6) is 0 Å². The summed E-state index contributed by atoms with van der Waals surface area (Å²) in [4.78, 5) is 0. The van der Waals surface area contributed by atoms with Gasteiger partial charge in [0, 0.05) is 17.1 Å². The molecule has 1 aromatic heterocycles. The van der Waals surface area contributed by atoms with Crippen LogP contribution in [0.2, 0.25) is 0 Å². The van der Waals surface area contributed by atoms with Crippen molar-refractivity contribution in [1.29, 1.82) is 0 Å². The molecule has 1 aliphatic rings. The standard InChI is InChI=1S/C8H13ClN4O2S/c1-6(2)13-7(10-11-12-13)5-8(3-4-8)16(9,14)15/h6H,3-5H2,1-2H3. The number of hydrogen-bond acceptors (Lipinski definition) is 5. The van der Waals surface area contributed by atoms with Crippen LogP contribution in [0.3, 0.4) is 0 Å². The third-order valence-electron chi connectivity index (χ3n) is 2.86. The lowest BCUT2D eigenvalue weighted by atomic mass is 10.2. The summed E-state index contributed by atoms with van der Waals surface area (Å²) in [5.74, 6) is 0.580. The molecule has 2 rings (SSSR count). The Morgan fingerprint density at radius 2 is 2.12 bits per heavy atom. The van der Waals surface area contributed by atoms with Gasteiger partial charge in [-0.3, -0.25) is 0 Å². The first-order valence-electron chi connectivity index (χ1n) is 5.07. The van der Waals surface area contributed by atoms with Crippen molar-refractivity contribution in [3.8, 4) is 0 Å². The van der Waals surface area contributed by atoms with Crippen LogP contribution in [0, 0.1) is 0 Å². The predicted octanol–water partition coefficient (Wildman–Crippen LogP) is 0.898. The van der Waals surface area contributed by atoms with Gasteiger partial charge in [-0.25, -0.2) is 13.1 Å². The van der Waals surface area contributed by atoms with Crippen LogP contribution in [0.1, 0.15) is 38.6 Å². The van der Waals surface area contributed by atoms with Crippen molar-refractivity contribution < 1.29 is 8.42 Å². The van der Waals surface area contributed by atoms with Crippen molar-refractivity contribution in [3.05, 3.63) is 5.82 Å².